The number of nitrogens with one attached hydrogen (secondary N) is 2. The van der Waals surface area contributed by atoms with Gasteiger partial charge >= 0.3 is 0 Å². The minimum absolute atomic E-state index is 0.0783. The lowest BCUT2D eigenvalue weighted by atomic mass is 9.76. The average molecular weight is 533 g/mol. The molecule has 2 heterocycles. The van der Waals surface area contributed by atoms with Crippen molar-refractivity contribution < 1.29 is 33.9 Å². The number of hydrogen-bond donors (Lipinski definition) is 3. The highest BCUT2D eigenvalue weighted by Gasteiger charge is 2.59. The summed E-state index contributed by atoms with van der Waals surface area (Å²) in [7, 11) is 0. The van der Waals surface area contributed by atoms with E-state index in [0.717, 1.165) is 32.1 Å². The molecule has 38 heavy (non-hydrogen) atoms. The van der Waals surface area contributed by atoms with Crippen molar-refractivity contribution in [2.24, 2.45) is 5.92 Å². The third kappa shape index (κ3) is 6.14. The Morgan fingerprint density at radius 2 is 1.39 bits per heavy atom. The molecule has 2 fully saturated rings. The molecular weight excluding hydrogens is 492 g/mol. The molecule has 0 radical (unpaired) electrons. The van der Waals surface area contributed by atoms with E-state index in [9.17, 15) is 33.9 Å². The summed E-state index contributed by atoms with van der Waals surface area (Å²) in [5, 5.41) is 15.2. The van der Waals surface area contributed by atoms with Gasteiger partial charge in [0.1, 0.15) is 11.3 Å². The maximum Gasteiger partial charge on any atom is 0.296 e. The molecule has 0 aromatic carbocycles. The van der Waals surface area contributed by atoms with Crippen molar-refractivity contribution in [3.05, 3.63) is 11.3 Å². The maximum atomic E-state index is 13.8. The lowest BCUT2D eigenvalue weighted by Gasteiger charge is -2.43. The predicted octanol–water partition coefficient (Wildman–Crippen LogP) is 2.34. The van der Waals surface area contributed by atoms with E-state index >= 15 is 0 Å². The second kappa shape index (κ2) is 13.1. The van der Waals surface area contributed by atoms with Crippen LogP contribution in [0.15, 0.2) is 11.3 Å². The number of imide groups is 2. The SMILES string of the molecule is CCCCCC(=O)NC1=C(C(O)(C2CCCCC2)N2C(=O)CCC2=O)C(=O)N(NC(=O)CCCCC)C1=O. The fourth-order valence-electron chi connectivity index (χ4n) is 5.50. The van der Waals surface area contributed by atoms with Crippen LogP contribution in [0.5, 0.6) is 0 Å². The predicted molar refractivity (Wildman–Crippen MR) is 136 cm³/mol. The Labute approximate surface area is 223 Å². The second-order valence-corrected chi connectivity index (χ2v) is 10.4. The molecule has 1 saturated carbocycles. The summed E-state index contributed by atoms with van der Waals surface area (Å²) in [6, 6.07) is 0. The zero-order chi connectivity index (χ0) is 27.9. The third-order valence-corrected chi connectivity index (χ3v) is 7.53. The summed E-state index contributed by atoms with van der Waals surface area (Å²) in [6.45, 7) is 3.96. The van der Waals surface area contributed by atoms with E-state index in [1.807, 2.05) is 13.8 Å². The van der Waals surface area contributed by atoms with Gasteiger partial charge in [-0.1, -0.05) is 58.8 Å². The van der Waals surface area contributed by atoms with Gasteiger partial charge in [-0.2, -0.15) is 5.01 Å². The number of rotatable bonds is 13. The molecule has 1 atom stereocenters. The van der Waals surface area contributed by atoms with Crippen LogP contribution in [0, 0.1) is 5.92 Å². The van der Waals surface area contributed by atoms with Crippen LogP contribution >= 0.6 is 0 Å². The molecule has 11 nitrogen and oxygen atoms in total. The molecule has 1 saturated heterocycles. The zero-order valence-electron chi connectivity index (χ0n) is 22.5. The van der Waals surface area contributed by atoms with E-state index < -0.39 is 58.4 Å². The molecule has 1 aliphatic carbocycles. The Kier molecular flexibility index (Phi) is 10.2. The number of carbonyl (C=O) groups is 6. The number of amides is 6. The van der Waals surface area contributed by atoms with Gasteiger partial charge in [-0.15, -0.1) is 0 Å². The molecule has 210 valence electrons. The Balaban J connectivity index is 2.05. The molecule has 3 N–H and O–H groups in total. The summed E-state index contributed by atoms with van der Waals surface area (Å²) in [4.78, 5) is 79.0. The van der Waals surface area contributed by atoms with E-state index in [0.29, 0.717) is 48.4 Å². The first-order valence-electron chi connectivity index (χ1n) is 14.0. The highest BCUT2D eigenvalue weighted by molar-refractivity contribution is 6.22. The van der Waals surface area contributed by atoms with Gasteiger partial charge in [0.15, 0.2) is 5.72 Å². The molecule has 2 aliphatic heterocycles. The Hall–Kier alpha value is -3.08. The fourth-order valence-corrected chi connectivity index (χ4v) is 5.50. The number of hydrazine groups is 1. The van der Waals surface area contributed by atoms with Gasteiger partial charge in [0.2, 0.25) is 23.6 Å². The Morgan fingerprint density at radius 1 is 0.842 bits per heavy atom. The van der Waals surface area contributed by atoms with Gasteiger partial charge in [0, 0.05) is 31.6 Å². The van der Waals surface area contributed by atoms with Crippen LogP contribution < -0.4 is 10.7 Å². The molecule has 3 aliphatic rings. The van der Waals surface area contributed by atoms with Gasteiger partial charge in [0.25, 0.3) is 11.8 Å². The van der Waals surface area contributed by atoms with Crippen LogP contribution in [-0.4, -0.2) is 56.2 Å². The van der Waals surface area contributed by atoms with Crippen LogP contribution in [0.3, 0.4) is 0 Å². The van der Waals surface area contributed by atoms with Crippen molar-refractivity contribution in [2.45, 2.75) is 116 Å². The molecule has 0 aromatic heterocycles. The number of unbranched alkanes of at least 4 members (excludes halogenated alkanes) is 4. The quantitative estimate of drug-likeness (QED) is 0.243. The fraction of sp³-hybridized carbons (Fsp3) is 0.704. The van der Waals surface area contributed by atoms with E-state index in [1.54, 1.807) is 0 Å². The van der Waals surface area contributed by atoms with Crippen molar-refractivity contribution in [2.75, 3.05) is 0 Å². The molecule has 0 aromatic rings. The molecule has 3 rings (SSSR count). The number of likely N-dealkylation sites (tertiary alicyclic amines) is 1. The Bertz CT molecular complexity index is 985. The minimum atomic E-state index is -2.43. The summed E-state index contributed by atoms with van der Waals surface area (Å²) >= 11 is 0. The van der Waals surface area contributed by atoms with E-state index in [4.69, 9.17) is 0 Å². The van der Waals surface area contributed by atoms with Crippen molar-refractivity contribution in [3.8, 4) is 0 Å². The van der Waals surface area contributed by atoms with E-state index in [-0.39, 0.29) is 25.7 Å². The summed E-state index contributed by atoms with van der Waals surface area (Å²) < 4.78 is 0. The van der Waals surface area contributed by atoms with Gasteiger partial charge in [-0.05, 0) is 25.7 Å². The summed E-state index contributed by atoms with van der Waals surface area (Å²) in [6.07, 6.45) is 7.48. The van der Waals surface area contributed by atoms with Crippen molar-refractivity contribution in [3.63, 3.8) is 0 Å². The molecule has 0 spiro atoms. The molecular formula is C27H40N4O7. The average Bonchev–Trinajstić information content (AvgIpc) is 3.35. The molecule has 1 unspecified atom stereocenters. The topological polar surface area (TPSA) is 153 Å². The van der Waals surface area contributed by atoms with E-state index in [1.165, 1.54) is 0 Å². The number of hydrogen-bond acceptors (Lipinski definition) is 7. The summed E-state index contributed by atoms with van der Waals surface area (Å²) in [5.41, 5.74) is -1.14. The van der Waals surface area contributed by atoms with Gasteiger partial charge < -0.3 is 10.4 Å². The largest absolute Gasteiger partial charge is 0.366 e. The smallest absolute Gasteiger partial charge is 0.296 e. The number of aliphatic hydroxyl groups is 1. The first-order valence-corrected chi connectivity index (χ1v) is 14.0. The van der Waals surface area contributed by atoms with Crippen LogP contribution in [-0.2, 0) is 28.8 Å². The maximum absolute atomic E-state index is 13.8. The van der Waals surface area contributed by atoms with Gasteiger partial charge in [-0.3, -0.25) is 34.2 Å². The van der Waals surface area contributed by atoms with Crippen molar-refractivity contribution >= 4 is 35.4 Å². The van der Waals surface area contributed by atoms with Crippen molar-refractivity contribution in [1.82, 2.24) is 20.7 Å². The summed E-state index contributed by atoms with van der Waals surface area (Å²) in [5.74, 6) is -5.16. The first kappa shape index (κ1) is 29.5. The van der Waals surface area contributed by atoms with Crippen LogP contribution in [0.1, 0.15) is 110 Å². The van der Waals surface area contributed by atoms with Gasteiger partial charge in [-0.25, -0.2) is 4.90 Å². The zero-order valence-corrected chi connectivity index (χ0v) is 22.5. The third-order valence-electron chi connectivity index (χ3n) is 7.53. The highest BCUT2D eigenvalue weighted by atomic mass is 16.3. The standard InChI is InChI=1S/C27H40N4O7/c1-3-5-8-14-19(32)28-24-23(25(36)31(26(24)37)29-20(33)15-9-6-4-2)27(38,18-12-10-7-11-13-18)30-21(34)16-17-22(30)35/h18,38H,3-17H2,1-2H3,(H,28,32)(H,29,33). The molecule has 6 amide bonds. The second-order valence-electron chi connectivity index (χ2n) is 10.4. The highest BCUT2D eigenvalue weighted by Crippen LogP contribution is 2.44. The molecule has 11 heteroatoms. The monoisotopic (exact) mass is 532 g/mol. The van der Waals surface area contributed by atoms with Crippen LogP contribution in [0.4, 0.5) is 0 Å². The lowest BCUT2D eigenvalue weighted by molar-refractivity contribution is -0.173. The first-order chi connectivity index (χ1) is 18.2. The van der Waals surface area contributed by atoms with Crippen LogP contribution in [0.25, 0.3) is 0 Å². The Morgan fingerprint density at radius 3 is 1.95 bits per heavy atom. The number of carbonyl (C=O) groups excluding carboxylic acids is 6. The normalized spacial score (nSPS) is 20.4. The minimum Gasteiger partial charge on any atom is -0.366 e. The molecule has 0 bridgehead atoms. The van der Waals surface area contributed by atoms with Crippen molar-refractivity contribution in [1.29, 1.82) is 0 Å². The van der Waals surface area contributed by atoms with E-state index in [2.05, 4.69) is 10.7 Å². The lowest BCUT2D eigenvalue weighted by Crippen LogP contribution is -2.60. The van der Waals surface area contributed by atoms with Crippen LogP contribution in [0.2, 0.25) is 0 Å². The van der Waals surface area contributed by atoms with Gasteiger partial charge in [0.05, 0.1) is 0 Å². The number of nitrogens with zero attached hydrogens (tertiary/aromatic N) is 2.